The molecule has 3 saturated carbocycles. The fourth-order valence-electron chi connectivity index (χ4n) is 4.22. The van der Waals surface area contributed by atoms with Crippen LogP contribution in [-0.2, 0) is 21.5 Å². The predicted molar refractivity (Wildman–Crippen MR) is 66.9 cm³/mol. The van der Waals surface area contributed by atoms with Gasteiger partial charge in [0.15, 0.2) is 0 Å². The van der Waals surface area contributed by atoms with Gasteiger partial charge in [-0.2, -0.15) is 0 Å². The van der Waals surface area contributed by atoms with Gasteiger partial charge in [-0.1, -0.05) is 0 Å². The molecular weight excluding hydrogens is 244 g/mol. The second kappa shape index (κ2) is 3.39. The van der Waals surface area contributed by atoms with Crippen LogP contribution in [0, 0.1) is 12.3 Å². The lowest BCUT2D eigenvalue weighted by atomic mass is 9.34. The Morgan fingerprint density at radius 1 is 1.58 bits per heavy atom. The number of aryl methyl sites for hydroxylation is 1. The number of hydrogen-bond acceptors (Lipinski definition) is 3. The normalized spacial score (nSPS) is 39.1. The molecule has 1 aliphatic heterocycles. The van der Waals surface area contributed by atoms with Gasteiger partial charge < -0.3 is 14.4 Å². The molecule has 1 aromatic rings. The molecule has 1 saturated heterocycles. The SMILES string of the molecule is Cc1ncn(CC2CCO2)c1C12CC(C(=O)O)(C1)C2. The third-order valence-corrected chi connectivity index (χ3v) is 5.20. The number of hydrogen-bond donors (Lipinski definition) is 1. The quantitative estimate of drug-likeness (QED) is 0.892. The Balaban J connectivity index is 1.59. The number of rotatable bonds is 4. The van der Waals surface area contributed by atoms with Crippen LogP contribution in [-0.4, -0.2) is 33.3 Å². The van der Waals surface area contributed by atoms with Crippen molar-refractivity contribution >= 4 is 5.97 Å². The van der Waals surface area contributed by atoms with E-state index in [9.17, 15) is 9.90 Å². The summed E-state index contributed by atoms with van der Waals surface area (Å²) in [5.74, 6) is -0.625. The van der Waals surface area contributed by atoms with Crippen molar-refractivity contribution in [1.29, 1.82) is 0 Å². The zero-order valence-electron chi connectivity index (χ0n) is 11.1. The molecule has 4 aliphatic rings. The fraction of sp³-hybridized carbons (Fsp3) is 0.714. The Hall–Kier alpha value is -1.36. The maximum absolute atomic E-state index is 11.2. The van der Waals surface area contributed by atoms with E-state index in [1.54, 1.807) is 0 Å². The molecule has 3 aliphatic carbocycles. The number of carboxylic acids is 1. The van der Waals surface area contributed by atoms with E-state index in [1.165, 1.54) is 5.69 Å². The number of carbonyl (C=O) groups is 1. The van der Waals surface area contributed by atoms with Gasteiger partial charge in [0.2, 0.25) is 0 Å². The van der Waals surface area contributed by atoms with Crippen molar-refractivity contribution in [3.05, 3.63) is 17.7 Å². The summed E-state index contributed by atoms with van der Waals surface area (Å²) in [5, 5.41) is 9.23. The van der Waals surface area contributed by atoms with Crippen LogP contribution >= 0.6 is 0 Å². The Bertz CT molecular complexity index is 539. The van der Waals surface area contributed by atoms with E-state index in [0.717, 1.165) is 44.5 Å². The molecule has 19 heavy (non-hydrogen) atoms. The Labute approximate surface area is 111 Å². The summed E-state index contributed by atoms with van der Waals surface area (Å²) in [7, 11) is 0. The fourth-order valence-corrected chi connectivity index (χ4v) is 4.22. The van der Waals surface area contributed by atoms with Gasteiger partial charge in [-0.05, 0) is 32.6 Å². The number of nitrogens with zero attached hydrogens (tertiary/aromatic N) is 2. The van der Waals surface area contributed by atoms with Crippen LogP contribution in [0.5, 0.6) is 0 Å². The zero-order valence-corrected chi connectivity index (χ0v) is 11.1. The Kier molecular flexibility index (Phi) is 2.05. The minimum atomic E-state index is -0.625. The van der Waals surface area contributed by atoms with Crippen molar-refractivity contribution < 1.29 is 14.6 Å². The molecule has 4 fully saturated rings. The smallest absolute Gasteiger partial charge is 0.309 e. The highest BCUT2D eigenvalue weighted by molar-refractivity contribution is 5.80. The highest BCUT2D eigenvalue weighted by atomic mass is 16.5. The first-order valence-corrected chi connectivity index (χ1v) is 6.92. The van der Waals surface area contributed by atoms with Gasteiger partial charge in [0.25, 0.3) is 0 Å². The molecule has 1 N–H and O–H groups in total. The highest BCUT2D eigenvalue weighted by Crippen LogP contribution is 2.73. The first-order chi connectivity index (χ1) is 9.05. The Morgan fingerprint density at radius 3 is 2.79 bits per heavy atom. The van der Waals surface area contributed by atoms with Gasteiger partial charge in [-0.3, -0.25) is 4.79 Å². The average Bonchev–Trinajstić information content (AvgIpc) is 2.51. The van der Waals surface area contributed by atoms with Crippen LogP contribution in [0.2, 0.25) is 0 Å². The molecule has 1 aromatic heterocycles. The summed E-state index contributed by atoms with van der Waals surface area (Å²) in [6, 6.07) is 0. The second-order valence-electron chi connectivity index (χ2n) is 6.51. The molecule has 0 amide bonds. The van der Waals surface area contributed by atoms with Gasteiger partial charge in [0.1, 0.15) is 0 Å². The molecule has 5 nitrogen and oxygen atoms in total. The molecular formula is C14H18N2O3. The maximum Gasteiger partial charge on any atom is 0.309 e. The van der Waals surface area contributed by atoms with Crippen LogP contribution in [0.15, 0.2) is 6.33 Å². The number of aliphatic carboxylic acids is 1. The molecule has 0 aromatic carbocycles. The van der Waals surface area contributed by atoms with Gasteiger partial charge in [-0.25, -0.2) is 4.98 Å². The van der Waals surface area contributed by atoms with Crippen molar-refractivity contribution in [2.45, 2.75) is 50.7 Å². The van der Waals surface area contributed by atoms with Crippen LogP contribution in [0.3, 0.4) is 0 Å². The van der Waals surface area contributed by atoms with E-state index in [2.05, 4.69) is 9.55 Å². The lowest BCUT2D eigenvalue weighted by Crippen LogP contribution is -2.68. The topological polar surface area (TPSA) is 64.4 Å². The van der Waals surface area contributed by atoms with E-state index in [0.29, 0.717) is 6.10 Å². The second-order valence-corrected chi connectivity index (χ2v) is 6.51. The third-order valence-electron chi connectivity index (χ3n) is 5.20. The van der Waals surface area contributed by atoms with Crippen molar-refractivity contribution in [1.82, 2.24) is 9.55 Å². The molecule has 5 rings (SSSR count). The molecule has 0 radical (unpaired) electrons. The Morgan fingerprint density at radius 2 is 2.26 bits per heavy atom. The van der Waals surface area contributed by atoms with Crippen molar-refractivity contribution in [3.63, 3.8) is 0 Å². The average molecular weight is 262 g/mol. The van der Waals surface area contributed by atoms with Crippen LogP contribution in [0.1, 0.15) is 37.1 Å². The largest absolute Gasteiger partial charge is 0.481 e. The van der Waals surface area contributed by atoms with E-state index >= 15 is 0 Å². The van der Waals surface area contributed by atoms with Crippen molar-refractivity contribution in [3.8, 4) is 0 Å². The minimum Gasteiger partial charge on any atom is -0.481 e. The van der Waals surface area contributed by atoms with Gasteiger partial charge in [0, 0.05) is 17.7 Å². The van der Waals surface area contributed by atoms with E-state index < -0.39 is 11.4 Å². The molecule has 1 unspecified atom stereocenters. The summed E-state index contributed by atoms with van der Waals surface area (Å²) < 4.78 is 7.69. The molecule has 102 valence electrons. The lowest BCUT2D eigenvalue weighted by Gasteiger charge is -2.68. The van der Waals surface area contributed by atoms with E-state index in [-0.39, 0.29) is 5.41 Å². The number of carboxylic acid groups (broad SMARTS) is 1. The van der Waals surface area contributed by atoms with E-state index in [4.69, 9.17) is 4.74 Å². The number of imidazole rings is 1. The van der Waals surface area contributed by atoms with Crippen molar-refractivity contribution in [2.75, 3.05) is 6.61 Å². The van der Waals surface area contributed by atoms with Crippen molar-refractivity contribution in [2.24, 2.45) is 5.41 Å². The summed E-state index contributed by atoms with van der Waals surface area (Å²) in [6.07, 6.45) is 5.67. The standard InChI is InChI=1S/C14H18N2O3/c1-9-11(13-5-14(6-13,7-13)12(17)18)16(8-15-9)4-10-2-3-19-10/h8,10H,2-7H2,1H3,(H,17,18). The molecule has 2 heterocycles. The molecule has 2 bridgehead atoms. The first kappa shape index (κ1) is 11.5. The highest BCUT2D eigenvalue weighted by Gasteiger charge is 2.73. The summed E-state index contributed by atoms with van der Waals surface area (Å²) in [4.78, 5) is 15.6. The van der Waals surface area contributed by atoms with Crippen LogP contribution in [0.4, 0.5) is 0 Å². The summed E-state index contributed by atoms with van der Waals surface area (Å²) in [5.41, 5.74) is 1.97. The maximum atomic E-state index is 11.2. The minimum absolute atomic E-state index is 0.0860. The van der Waals surface area contributed by atoms with E-state index in [1.807, 2.05) is 13.3 Å². The predicted octanol–water partition coefficient (Wildman–Crippen LogP) is 1.49. The van der Waals surface area contributed by atoms with Crippen LogP contribution in [0.25, 0.3) is 0 Å². The third kappa shape index (κ3) is 1.34. The number of ether oxygens (including phenoxy) is 1. The van der Waals surface area contributed by atoms with Gasteiger partial charge in [0.05, 0.1) is 30.1 Å². The zero-order chi connectivity index (χ0) is 13.3. The number of aromatic nitrogens is 2. The van der Waals surface area contributed by atoms with Crippen LogP contribution < -0.4 is 0 Å². The molecule has 5 heteroatoms. The monoisotopic (exact) mass is 262 g/mol. The summed E-state index contributed by atoms with van der Waals surface area (Å²) in [6.45, 7) is 3.75. The lowest BCUT2D eigenvalue weighted by molar-refractivity contribution is -0.196. The first-order valence-electron chi connectivity index (χ1n) is 6.92. The molecule has 1 atom stereocenters. The van der Waals surface area contributed by atoms with Gasteiger partial charge >= 0.3 is 5.97 Å². The summed E-state index contributed by atoms with van der Waals surface area (Å²) >= 11 is 0. The molecule has 0 spiro atoms. The van der Waals surface area contributed by atoms with Gasteiger partial charge in [-0.15, -0.1) is 0 Å².